The van der Waals surface area contributed by atoms with Gasteiger partial charge in [-0.1, -0.05) is 0 Å². The normalized spacial score (nSPS) is 11.8. The molecule has 2 aromatic heterocycles. The Morgan fingerprint density at radius 1 is 0.808 bits per heavy atom. The van der Waals surface area contributed by atoms with Crippen molar-refractivity contribution in [2.45, 2.75) is 6.18 Å². The molecular weight excluding hydrogens is 404 g/mol. The third kappa shape index (κ3) is 3.26. The van der Waals surface area contributed by atoms with Gasteiger partial charge in [-0.3, -0.25) is 0 Å². The zero-order valence-electron chi connectivity index (χ0n) is 13.4. The van der Waals surface area contributed by atoms with Crippen LogP contribution in [0.4, 0.5) is 13.2 Å². The molecule has 0 unspecified atom stereocenters. The Hall–Kier alpha value is -2.56. The molecule has 2 heterocycles. The first-order valence-corrected chi connectivity index (χ1v) is 9.61. The number of imidazole rings is 1. The molecule has 130 valence electrons. The molecule has 0 atom stereocenters. The van der Waals surface area contributed by atoms with Crippen LogP contribution in [0.1, 0.15) is 5.56 Å². The van der Waals surface area contributed by atoms with Crippen LogP contribution in [0.25, 0.3) is 16.9 Å². The molecule has 0 radical (unpaired) electrons. The van der Waals surface area contributed by atoms with Crippen LogP contribution in [-0.4, -0.2) is 24.3 Å². The number of halogens is 3. The van der Waals surface area contributed by atoms with E-state index in [0.717, 1.165) is 32.6 Å². The van der Waals surface area contributed by atoms with Gasteiger partial charge in [0, 0.05) is 0 Å². The second-order valence-electron chi connectivity index (χ2n) is 5.69. The number of hydrogen-bond acceptors (Lipinski definition) is 1. The Bertz CT molecular complexity index is 1040. The molecular formula is C20H13F3N2Se. The number of hydrogen-bond donors (Lipinski definition) is 0. The minimum absolute atomic E-state index is 0.184. The van der Waals surface area contributed by atoms with Gasteiger partial charge in [-0.15, -0.1) is 0 Å². The zero-order chi connectivity index (χ0) is 18.1. The van der Waals surface area contributed by atoms with Crippen LogP contribution in [0.5, 0.6) is 0 Å². The topological polar surface area (TPSA) is 17.3 Å². The molecule has 0 amide bonds. The maximum atomic E-state index is 13.2. The van der Waals surface area contributed by atoms with Crippen LogP contribution in [0, 0.1) is 0 Å². The predicted molar refractivity (Wildman–Crippen MR) is 97.1 cm³/mol. The monoisotopic (exact) mass is 418 g/mol. The molecule has 0 bridgehead atoms. The number of alkyl halides is 3. The molecule has 0 spiro atoms. The molecule has 0 aliphatic rings. The summed E-state index contributed by atoms with van der Waals surface area (Å²) in [5.74, 6) is 0. The van der Waals surface area contributed by atoms with E-state index in [1.807, 2.05) is 60.7 Å². The van der Waals surface area contributed by atoms with E-state index in [4.69, 9.17) is 0 Å². The summed E-state index contributed by atoms with van der Waals surface area (Å²) < 4.78 is 43.0. The fourth-order valence-electron chi connectivity index (χ4n) is 2.67. The summed E-state index contributed by atoms with van der Waals surface area (Å²) in [5, 5.41) is 0. The van der Waals surface area contributed by atoms with Crippen molar-refractivity contribution in [3.05, 3.63) is 84.6 Å². The van der Waals surface area contributed by atoms with Crippen LogP contribution < -0.4 is 9.05 Å². The standard InChI is InChI=1S/C20H13F3N2Se/c21-20(22,23)15-11-12-17-24-18(14-7-3-1-4-8-14)19(25(17)13-15)26-16-9-5-2-6-10-16/h1-13H. The van der Waals surface area contributed by atoms with Crippen molar-refractivity contribution in [1.82, 2.24) is 9.38 Å². The molecule has 0 fully saturated rings. The van der Waals surface area contributed by atoms with E-state index in [2.05, 4.69) is 4.98 Å². The average Bonchev–Trinajstić information content (AvgIpc) is 3.00. The first kappa shape index (κ1) is 16.9. The molecule has 0 N–H and O–H groups in total. The van der Waals surface area contributed by atoms with E-state index in [9.17, 15) is 13.2 Å². The first-order chi connectivity index (χ1) is 12.5. The minimum atomic E-state index is -4.39. The van der Waals surface area contributed by atoms with Gasteiger partial charge in [0.05, 0.1) is 0 Å². The molecule has 0 saturated carbocycles. The van der Waals surface area contributed by atoms with Crippen LogP contribution in [0.2, 0.25) is 0 Å². The van der Waals surface area contributed by atoms with Crippen molar-refractivity contribution in [3.8, 4) is 11.3 Å². The number of rotatable bonds is 3. The summed E-state index contributed by atoms with van der Waals surface area (Å²) in [6, 6.07) is 21.8. The third-order valence-electron chi connectivity index (χ3n) is 3.91. The van der Waals surface area contributed by atoms with Gasteiger partial charge >= 0.3 is 154 Å². The van der Waals surface area contributed by atoms with Crippen molar-refractivity contribution in [2.75, 3.05) is 0 Å². The summed E-state index contributed by atoms with van der Waals surface area (Å²) in [4.78, 5) is 4.61. The van der Waals surface area contributed by atoms with E-state index in [1.54, 1.807) is 4.40 Å². The van der Waals surface area contributed by atoms with Gasteiger partial charge in [-0.05, 0) is 0 Å². The van der Waals surface area contributed by atoms with Gasteiger partial charge in [0.1, 0.15) is 0 Å². The molecule has 6 heteroatoms. The Balaban J connectivity index is 1.93. The number of pyridine rings is 1. The number of fused-ring (bicyclic) bond motifs is 1. The predicted octanol–water partition coefficient (Wildman–Crippen LogP) is 3.68. The molecule has 0 aliphatic heterocycles. The van der Waals surface area contributed by atoms with Gasteiger partial charge in [-0.2, -0.15) is 0 Å². The van der Waals surface area contributed by atoms with Gasteiger partial charge in [-0.25, -0.2) is 0 Å². The van der Waals surface area contributed by atoms with Crippen LogP contribution >= 0.6 is 0 Å². The fraction of sp³-hybridized carbons (Fsp3) is 0.0500. The molecule has 2 aromatic carbocycles. The Labute approximate surface area is 154 Å². The van der Waals surface area contributed by atoms with Gasteiger partial charge < -0.3 is 0 Å². The summed E-state index contributed by atoms with van der Waals surface area (Å²) in [7, 11) is 0. The van der Waals surface area contributed by atoms with E-state index >= 15 is 0 Å². The van der Waals surface area contributed by atoms with E-state index in [1.165, 1.54) is 6.07 Å². The van der Waals surface area contributed by atoms with Crippen molar-refractivity contribution >= 4 is 29.7 Å². The summed E-state index contributed by atoms with van der Waals surface area (Å²) in [6.07, 6.45) is -3.24. The SMILES string of the molecule is FC(F)(F)c1ccc2nc(-c3ccccc3)c([Se]c3ccccc3)n2c1. The van der Waals surface area contributed by atoms with Crippen molar-refractivity contribution in [3.63, 3.8) is 0 Å². The van der Waals surface area contributed by atoms with E-state index < -0.39 is 11.7 Å². The fourth-order valence-corrected chi connectivity index (χ4v) is 4.82. The van der Waals surface area contributed by atoms with Gasteiger partial charge in [0.15, 0.2) is 0 Å². The molecule has 0 aliphatic carbocycles. The van der Waals surface area contributed by atoms with Crippen molar-refractivity contribution in [2.24, 2.45) is 0 Å². The quantitative estimate of drug-likeness (QED) is 0.465. The summed E-state index contributed by atoms with van der Waals surface area (Å²) >= 11 is -0.184. The second-order valence-corrected chi connectivity index (χ2v) is 7.92. The summed E-state index contributed by atoms with van der Waals surface area (Å²) in [6.45, 7) is 0. The van der Waals surface area contributed by atoms with Crippen LogP contribution in [0.15, 0.2) is 79.0 Å². The van der Waals surface area contributed by atoms with E-state index in [-0.39, 0.29) is 15.0 Å². The number of aromatic nitrogens is 2. The molecule has 4 aromatic rings. The Morgan fingerprint density at radius 2 is 1.46 bits per heavy atom. The Morgan fingerprint density at radius 3 is 2.12 bits per heavy atom. The second kappa shape index (κ2) is 6.63. The number of benzene rings is 2. The Kier molecular flexibility index (Phi) is 4.31. The van der Waals surface area contributed by atoms with Gasteiger partial charge in [0.25, 0.3) is 0 Å². The van der Waals surface area contributed by atoms with Crippen LogP contribution in [0.3, 0.4) is 0 Å². The summed E-state index contributed by atoms with van der Waals surface area (Å²) in [5.41, 5.74) is 1.48. The van der Waals surface area contributed by atoms with E-state index in [0.29, 0.717) is 5.65 Å². The molecule has 26 heavy (non-hydrogen) atoms. The van der Waals surface area contributed by atoms with Crippen molar-refractivity contribution in [1.29, 1.82) is 0 Å². The zero-order valence-corrected chi connectivity index (χ0v) is 15.2. The maximum absolute atomic E-state index is 13.2. The average molecular weight is 417 g/mol. The number of nitrogens with zero attached hydrogens (tertiary/aromatic N) is 2. The molecule has 4 rings (SSSR count). The van der Waals surface area contributed by atoms with Gasteiger partial charge in [0.2, 0.25) is 0 Å². The van der Waals surface area contributed by atoms with Crippen LogP contribution in [-0.2, 0) is 6.18 Å². The molecule has 2 nitrogen and oxygen atoms in total. The third-order valence-corrected chi connectivity index (χ3v) is 6.20. The molecule has 0 saturated heterocycles. The van der Waals surface area contributed by atoms with Crippen molar-refractivity contribution < 1.29 is 13.2 Å². The first-order valence-electron chi connectivity index (χ1n) is 7.90.